The van der Waals surface area contributed by atoms with Crippen LogP contribution >= 0.6 is 0 Å². The molecule has 154 valence electrons. The summed E-state index contributed by atoms with van der Waals surface area (Å²) in [5, 5.41) is 6.90. The highest BCUT2D eigenvalue weighted by Gasteiger charge is 2.13. The van der Waals surface area contributed by atoms with Crippen LogP contribution in [-0.4, -0.2) is 60.9 Å². The molecule has 5 rings (SSSR count). The number of anilines is 2. The third-order valence-corrected chi connectivity index (χ3v) is 5.58. The summed E-state index contributed by atoms with van der Waals surface area (Å²) in [7, 11) is 0. The molecule has 0 radical (unpaired) electrons. The van der Waals surface area contributed by atoms with Crippen molar-refractivity contribution in [3.05, 3.63) is 54.4 Å². The van der Waals surface area contributed by atoms with Gasteiger partial charge in [0.15, 0.2) is 5.82 Å². The first-order valence-corrected chi connectivity index (χ1v) is 10.5. The van der Waals surface area contributed by atoms with Crippen molar-refractivity contribution in [2.45, 2.75) is 6.42 Å². The van der Waals surface area contributed by atoms with Crippen LogP contribution in [0.25, 0.3) is 22.3 Å². The second-order valence-corrected chi connectivity index (χ2v) is 7.61. The normalized spacial score (nSPS) is 17.1. The number of fused-ring (bicyclic) bond motifs is 1. The van der Waals surface area contributed by atoms with E-state index < -0.39 is 0 Å². The van der Waals surface area contributed by atoms with Gasteiger partial charge >= 0.3 is 0 Å². The van der Waals surface area contributed by atoms with Gasteiger partial charge in [0.25, 0.3) is 0 Å². The average molecular weight is 403 g/mol. The number of morpholine rings is 1. The maximum absolute atomic E-state index is 5.46. The Kier molecular flexibility index (Phi) is 5.54. The zero-order valence-electron chi connectivity index (χ0n) is 17.0. The van der Waals surface area contributed by atoms with E-state index in [4.69, 9.17) is 9.72 Å². The van der Waals surface area contributed by atoms with E-state index in [1.165, 1.54) is 11.3 Å². The Bertz CT molecular complexity index is 1040. The van der Waals surface area contributed by atoms with Crippen molar-refractivity contribution < 1.29 is 4.74 Å². The third kappa shape index (κ3) is 4.13. The molecular weight excluding hydrogens is 376 g/mol. The summed E-state index contributed by atoms with van der Waals surface area (Å²) in [6.07, 6.45) is 6.81. The summed E-state index contributed by atoms with van der Waals surface area (Å²) in [6.45, 7) is 6.15. The molecule has 30 heavy (non-hydrogen) atoms. The van der Waals surface area contributed by atoms with Crippen LogP contribution in [0.15, 0.2) is 54.4 Å². The van der Waals surface area contributed by atoms with Crippen molar-refractivity contribution in [3.63, 3.8) is 0 Å². The standard InChI is InChI=1S/C23H26N6O/c1-2-17(15-24-7-1)16-27-23-22-21(25-8-9-26-22)14-20(28-23)18-3-5-19(6-4-18)29-10-12-30-13-11-29/h2-6,8-9,14,24H,1,7,10-13,15-16H2,(H,27,28). The highest BCUT2D eigenvalue weighted by molar-refractivity contribution is 5.88. The largest absolute Gasteiger partial charge is 0.378 e. The molecule has 3 aromatic rings. The number of nitrogens with one attached hydrogen (secondary N) is 2. The quantitative estimate of drug-likeness (QED) is 0.636. The maximum Gasteiger partial charge on any atom is 0.155 e. The average Bonchev–Trinajstić information content (AvgIpc) is 2.84. The van der Waals surface area contributed by atoms with Crippen LogP contribution < -0.4 is 15.5 Å². The fourth-order valence-electron chi connectivity index (χ4n) is 3.94. The van der Waals surface area contributed by atoms with Crippen LogP contribution in [0.5, 0.6) is 0 Å². The molecule has 2 aliphatic heterocycles. The van der Waals surface area contributed by atoms with Gasteiger partial charge in [0, 0.05) is 49.8 Å². The molecule has 1 aromatic carbocycles. The SMILES string of the molecule is C1=C(CNc2nc(-c3ccc(N4CCOCC4)cc3)cc3nccnc23)CNCC1. The predicted octanol–water partition coefficient (Wildman–Crippen LogP) is 2.86. The van der Waals surface area contributed by atoms with Crippen molar-refractivity contribution in [2.75, 3.05) is 56.2 Å². The highest BCUT2D eigenvalue weighted by Crippen LogP contribution is 2.27. The second kappa shape index (κ2) is 8.77. The Morgan fingerprint density at radius 2 is 1.90 bits per heavy atom. The van der Waals surface area contributed by atoms with Crippen LogP contribution in [0, 0.1) is 0 Å². The lowest BCUT2D eigenvalue weighted by Gasteiger charge is -2.28. The molecule has 0 amide bonds. The highest BCUT2D eigenvalue weighted by atomic mass is 16.5. The minimum absolute atomic E-state index is 0.755. The van der Waals surface area contributed by atoms with Crippen LogP contribution in [0.3, 0.4) is 0 Å². The van der Waals surface area contributed by atoms with Gasteiger partial charge in [-0.15, -0.1) is 0 Å². The van der Waals surface area contributed by atoms with E-state index in [2.05, 4.69) is 55.8 Å². The lowest BCUT2D eigenvalue weighted by molar-refractivity contribution is 0.122. The van der Waals surface area contributed by atoms with Gasteiger partial charge in [-0.3, -0.25) is 4.98 Å². The Hall–Kier alpha value is -3.03. The van der Waals surface area contributed by atoms with E-state index >= 15 is 0 Å². The Balaban J connectivity index is 1.43. The van der Waals surface area contributed by atoms with Gasteiger partial charge in [0.2, 0.25) is 0 Å². The van der Waals surface area contributed by atoms with Crippen molar-refractivity contribution in [2.24, 2.45) is 0 Å². The fraction of sp³-hybridized carbons (Fsp3) is 0.348. The summed E-state index contributed by atoms with van der Waals surface area (Å²) < 4.78 is 5.46. The lowest BCUT2D eigenvalue weighted by atomic mass is 10.1. The first-order chi connectivity index (χ1) is 14.9. The number of benzene rings is 1. The number of ether oxygens (including phenoxy) is 1. The Morgan fingerprint density at radius 3 is 2.70 bits per heavy atom. The van der Waals surface area contributed by atoms with Crippen LogP contribution in [0.4, 0.5) is 11.5 Å². The first-order valence-electron chi connectivity index (χ1n) is 10.5. The molecule has 0 atom stereocenters. The van der Waals surface area contributed by atoms with Crippen molar-refractivity contribution in [3.8, 4) is 11.3 Å². The molecule has 2 N–H and O–H groups in total. The van der Waals surface area contributed by atoms with E-state index in [9.17, 15) is 0 Å². The molecule has 0 aliphatic carbocycles. The Labute approximate surface area is 176 Å². The lowest BCUT2D eigenvalue weighted by Crippen LogP contribution is -2.36. The van der Waals surface area contributed by atoms with Gasteiger partial charge < -0.3 is 20.3 Å². The van der Waals surface area contributed by atoms with E-state index in [1.807, 2.05) is 6.07 Å². The minimum Gasteiger partial charge on any atom is -0.378 e. The van der Waals surface area contributed by atoms with Gasteiger partial charge in [0.05, 0.1) is 24.4 Å². The maximum atomic E-state index is 5.46. The molecule has 7 heteroatoms. The monoisotopic (exact) mass is 402 g/mol. The number of rotatable bonds is 5. The summed E-state index contributed by atoms with van der Waals surface area (Å²) in [5.41, 5.74) is 6.18. The van der Waals surface area contributed by atoms with Gasteiger partial charge in [-0.2, -0.15) is 0 Å². The summed E-state index contributed by atoms with van der Waals surface area (Å²) in [5.74, 6) is 0.777. The van der Waals surface area contributed by atoms with Gasteiger partial charge in [-0.1, -0.05) is 18.2 Å². The van der Waals surface area contributed by atoms with Crippen molar-refractivity contribution in [1.82, 2.24) is 20.3 Å². The fourth-order valence-corrected chi connectivity index (χ4v) is 3.94. The Morgan fingerprint density at radius 1 is 1.07 bits per heavy atom. The van der Waals surface area contributed by atoms with Crippen molar-refractivity contribution in [1.29, 1.82) is 0 Å². The topological polar surface area (TPSA) is 75.2 Å². The second-order valence-electron chi connectivity index (χ2n) is 7.61. The zero-order valence-corrected chi connectivity index (χ0v) is 17.0. The summed E-state index contributed by atoms with van der Waals surface area (Å²) in [4.78, 5) is 16.3. The first kappa shape index (κ1) is 19.0. The molecule has 0 saturated carbocycles. The number of pyridine rings is 1. The zero-order chi connectivity index (χ0) is 20.2. The van der Waals surface area contributed by atoms with Crippen LogP contribution in [0.2, 0.25) is 0 Å². The van der Waals surface area contributed by atoms with E-state index in [1.54, 1.807) is 12.4 Å². The summed E-state index contributed by atoms with van der Waals surface area (Å²) >= 11 is 0. The molecule has 1 fully saturated rings. The van der Waals surface area contributed by atoms with Crippen LogP contribution in [-0.2, 0) is 4.74 Å². The number of hydrogen-bond acceptors (Lipinski definition) is 7. The minimum atomic E-state index is 0.755. The molecular formula is C23H26N6O. The van der Waals surface area contributed by atoms with E-state index in [0.29, 0.717) is 0 Å². The van der Waals surface area contributed by atoms with Gasteiger partial charge in [-0.05, 0) is 36.7 Å². The predicted molar refractivity (Wildman–Crippen MR) is 120 cm³/mol. The molecule has 0 unspecified atom stereocenters. The number of nitrogens with zero attached hydrogens (tertiary/aromatic N) is 4. The van der Waals surface area contributed by atoms with Crippen molar-refractivity contribution >= 4 is 22.5 Å². The van der Waals surface area contributed by atoms with Gasteiger partial charge in [0.1, 0.15) is 5.52 Å². The van der Waals surface area contributed by atoms with Gasteiger partial charge in [-0.25, -0.2) is 9.97 Å². The molecule has 2 aliphatic rings. The molecule has 2 aromatic heterocycles. The summed E-state index contributed by atoms with van der Waals surface area (Å²) in [6, 6.07) is 10.6. The molecule has 0 spiro atoms. The van der Waals surface area contributed by atoms with Crippen LogP contribution in [0.1, 0.15) is 6.42 Å². The van der Waals surface area contributed by atoms with E-state index in [-0.39, 0.29) is 0 Å². The smallest absolute Gasteiger partial charge is 0.155 e. The number of hydrogen-bond donors (Lipinski definition) is 2. The number of aromatic nitrogens is 3. The third-order valence-electron chi connectivity index (χ3n) is 5.58. The molecule has 1 saturated heterocycles. The van der Waals surface area contributed by atoms with E-state index in [0.717, 1.165) is 80.5 Å². The molecule has 4 heterocycles. The molecule has 0 bridgehead atoms. The molecule has 7 nitrogen and oxygen atoms in total.